The van der Waals surface area contributed by atoms with Crippen molar-refractivity contribution in [2.24, 2.45) is 5.92 Å². The SMILES string of the molecule is CC.CCCCN1CCC(CN2CCNCC2)CC1. The van der Waals surface area contributed by atoms with Gasteiger partial charge in [0.15, 0.2) is 0 Å². The fourth-order valence-electron chi connectivity index (χ4n) is 3.03. The first-order valence-electron chi connectivity index (χ1n) is 8.54. The van der Waals surface area contributed by atoms with E-state index in [1.165, 1.54) is 78.0 Å². The minimum atomic E-state index is 0.964. The van der Waals surface area contributed by atoms with Gasteiger partial charge in [-0.05, 0) is 44.8 Å². The molecular formula is C16H35N3. The number of rotatable bonds is 5. The van der Waals surface area contributed by atoms with Crippen LogP contribution in [0.3, 0.4) is 0 Å². The van der Waals surface area contributed by atoms with E-state index in [4.69, 9.17) is 0 Å². The predicted octanol–water partition coefficient (Wildman–Crippen LogP) is 2.43. The van der Waals surface area contributed by atoms with Gasteiger partial charge < -0.3 is 15.1 Å². The van der Waals surface area contributed by atoms with E-state index in [1.807, 2.05) is 13.8 Å². The first kappa shape index (κ1) is 16.9. The Bertz CT molecular complexity index is 194. The van der Waals surface area contributed by atoms with Crippen LogP contribution in [-0.4, -0.2) is 62.2 Å². The summed E-state index contributed by atoms with van der Waals surface area (Å²) in [7, 11) is 0. The molecule has 0 aromatic carbocycles. The number of nitrogens with zero attached hydrogens (tertiary/aromatic N) is 2. The standard InChI is InChI=1S/C14H29N3.C2H6/c1-2-3-8-16-9-4-14(5-10-16)13-17-11-6-15-7-12-17;1-2/h14-15H,2-13H2,1H3;1-2H3. The van der Waals surface area contributed by atoms with Crippen molar-refractivity contribution in [3.63, 3.8) is 0 Å². The Morgan fingerprint density at radius 2 is 1.58 bits per heavy atom. The lowest BCUT2D eigenvalue weighted by atomic mass is 9.96. The van der Waals surface area contributed by atoms with Gasteiger partial charge in [-0.3, -0.25) is 0 Å². The van der Waals surface area contributed by atoms with Gasteiger partial charge in [-0.1, -0.05) is 27.2 Å². The van der Waals surface area contributed by atoms with Gasteiger partial charge in [0, 0.05) is 32.7 Å². The van der Waals surface area contributed by atoms with Crippen LogP contribution in [0.25, 0.3) is 0 Å². The Kier molecular flexibility index (Phi) is 9.48. The van der Waals surface area contributed by atoms with Gasteiger partial charge in [-0.15, -0.1) is 0 Å². The van der Waals surface area contributed by atoms with Crippen molar-refractivity contribution < 1.29 is 0 Å². The second-order valence-corrected chi connectivity index (χ2v) is 5.69. The third-order valence-corrected chi connectivity index (χ3v) is 4.26. The first-order chi connectivity index (χ1) is 9.38. The summed E-state index contributed by atoms with van der Waals surface area (Å²) >= 11 is 0. The van der Waals surface area contributed by atoms with Crippen LogP contribution in [0.1, 0.15) is 46.5 Å². The van der Waals surface area contributed by atoms with Gasteiger partial charge in [0.25, 0.3) is 0 Å². The number of nitrogens with one attached hydrogen (secondary N) is 1. The van der Waals surface area contributed by atoms with Crippen molar-refractivity contribution >= 4 is 0 Å². The summed E-state index contributed by atoms with van der Waals surface area (Å²) in [6, 6.07) is 0. The molecule has 0 amide bonds. The second-order valence-electron chi connectivity index (χ2n) is 5.69. The van der Waals surface area contributed by atoms with Crippen molar-refractivity contribution in [3.05, 3.63) is 0 Å². The fourth-order valence-corrected chi connectivity index (χ4v) is 3.03. The van der Waals surface area contributed by atoms with Gasteiger partial charge in [0.1, 0.15) is 0 Å². The van der Waals surface area contributed by atoms with Crippen molar-refractivity contribution in [3.8, 4) is 0 Å². The maximum atomic E-state index is 3.43. The Labute approximate surface area is 120 Å². The molecule has 2 saturated heterocycles. The molecule has 0 radical (unpaired) electrons. The minimum Gasteiger partial charge on any atom is -0.314 e. The summed E-state index contributed by atoms with van der Waals surface area (Å²) in [4.78, 5) is 5.32. The smallest absolute Gasteiger partial charge is 0.0107 e. The number of likely N-dealkylation sites (tertiary alicyclic amines) is 1. The molecule has 0 aromatic heterocycles. The molecule has 1 N–H and O–H groups in total. The van der Waals surface area contributed by atoms with Gasteiger partial charge in [-0.25, -0.2) is 0 Å². The molecular weight excluding hydrogens is 234 g/mol. The summed E-state index contributed by atoms with van der Waals surface area (Å²) < 4.78 is 0. The van der Waals surface area contributed by atoms with Crippen LogP contribution in [0, 0.1) is 5.92 Å². The van der Waals surface area contributed by atoms with Crippen LogP contribution in [0.15, 0.2) is 0 Å². The van der Waals surface area contributed by atoms with E-state index in [9.17, 15) is 0 Å². The Morgan fingerprint density at radius 1 is 0.947 bits per heavy atom. The highest BCUT2D eigenvalue weighted by Crippen LogP contribution is 2.18. The molecule has 0 unspecified atom stereocenters. The van der Waals surface area contributed by atoms with Gasteiger partial charge in [0.2, 0.25) is 0 Å². The monoisotopic (exact) mass is 269 g/mol. The van der Waals surface area contributed by atoms with Crippen molar-refractivity contribution in [2.45, 2.75) is 46.5 Å². The molecule has 0 atom stereocenters. The highest BCUT2D eigenvalue weighted by Gasteiger charge is 2.21. The Balaban J connectivity index is 0.000000861. The van der Waals surface area contributed by atoms with E-state index in [-0.39, 0.29) is 0 Å². The summed E-state index contributed by atoms with van der Waals surface area (Å²) in [5.74, 6) is 0.964. The second kappa shape index (κ2) is 10.6. The number of hydrogen-bond donors (Lipinski definition) is 1. The van der Waals surface area contributed by atoms with Crippen LogP contribution in [0.2, 0.25) is 0 Å². The Morgan fingerprint density at radius 3 is 2.16 bits per heavy atom. The normalized spacial score (nSPS) is 22.9. The molecule has 0 spiro atoms. The molecule has 114 valence electrons. The van der Waals surface area contributed by atoms with Gasteiger partial charge >= 0.3 is 0 Å². The van der Waals surface area contributed by atoms with Crippen LogP contribution < -0.4 is 5.32 Å². The Hall–Kier alpha value is -0.120. The van der Waals surface area contributed by atoms with E-state index in [1.54, 1.807) is 0 Å². The van der Waals surface area contributed by atoms with E-state index >= 15 is 0 Å². The molecule has 0 bridgehead atoms. The zero-order valence-corrected chi connectivity index (χ0v) is 13.5. The molecule has 2 aliphatic heterocycles. The number of unbranched alkanes of at least 4 members (excludes halogenated alkanes) is 1. The largest absolute Gasteiger partial charge is 0.314 e. The highest BCUT2D eigenvalue weighted by atomic mass is 15.2. The summed E-state index contributed by atoms with van der Waals surface area (Å²) in [6.45, 7) is 16.6. The molecule has 3 nitrogen and oxygen atoms in total. The van der Waals surface area contributed by atoms with Gasteiger partial charge in [-0.2, -0.15) is 0 Å². The van der Waals surface area contributed by atoms with E-state index in [2.05, 4.69) is 22.0 Å². The van der Waals surface area contributed by atoms with Crippen LogP contribution in [0.5, 0.6) is 0 Å². The molecule has 19 heavy (non-hydrogen) atoms. The molecule has 2 heterocycles. The lowest BCUT2D eigenvalue weighted by Gasteiger charge is -2.36. The molecule has 0 saturated carbocycles. The zero-order valence-electron chi connectivity index (χ0n) is 13.5. The topological polar surface area (TPSA) is 18.5 Å². The van der Waals surface area contributed by atoms with Crippen LogP contribution in [0.4, 0.5) is 0 Å². The average Bonchev–Trinajstić information content (AvgIpc) is 2.50. The highest BCUT2D eigenvalue weighted by molar-refractivity contribution is 4.77. The molecule has 0 aromatic rings. The third-order valence-electron chi connectivity index (χ3n) is 4.26. The summed E-state index contributed by atoms with van der Waals surface area (Å²) in [6.07, 6.45) is 5.56. The van der Waals surface area contributed by atoms with E-state index in [0.717, 1.165) is 5.92 Å². The lowest BCUT2D eigenvalue weighted by molar-refractivity contribution is 0.135. The van der Waals surface area contributed by atoms with E-state index < -0.39 is 0 Å². The molecule has 2 rings (SSSR count). The van der Waals surface area contributed by atoms with Crippen LogP contribution in [-0.2, 0) is 0 Å². The van der Waals surface area contributed by atoms with Crippen molar-refractivity contribution in [1.29, 1.82) is 0 Å². The summed E-state index contributed by atoms with van der Waals surface area (Å²) in [5.41, 5.74) is 0. The van der Waals surface area contributed by atoms with Crippen molar-refractivity contribution in [1.82, 2.24) is 15.1 Å². The predicted molar refractivity (Wildman–Crippen MR) is 84.7 cm³/mol. The number of hydrogen-bond acceptors (Lipinski definition) is 3. The van der Waals surface area contributed by atoms with Crippen molar-refractivity contribution in [2.75, 3.05) is 52.4 Å². The molecule has 0 aliphatic carbocycles. The van der Waals surface area contributed by atoms with E-state index in [0.29, 0.717) is 0 Å². The van der Waals surface area contributed by atoms with Gasteiger partial charge in [0.05, 0.1) is 0 Å². The molecule has 2 fully saturated rings. The molecule has 2 aliphatic rings. The first-order valence-corrected chi connectivity index (χ1v) is 8.54. The third kappa shape index (κ3) is 6.73. The quantitative estimate of drug-likeness (QED) is 0.827. The summed E-state index contributed by atoms with van der Waals surface area (Å²) in [5, 5.41) is 3.43. The number of piperidine rings is 1. The average molecular weight is 269 g/mol. The maximum absolute atomic E-state index is 3.43. The fraction of sp³-hybridized carbons (Fsp3) is 1.00. The minimum absolute atomic E-state index is 0.964. The molecule has 3 heteroatoms. The lowest BCUT2D eigenvalue weighted by Crippen LogP contribution is -2.46. The maximum Gasteiger partial charge on any atom is 0.0107 e. The zero-order chi connectivity index (χ0) is 13.9. The number of piperazine rings is 1. The van der Waals surface area contributed by atoms with Crippen LogP contribution >= 0.6 is 0 Å².